The normalized spacial score (nSPS) is 31.0. The summed E-state index contributed by atoms with van der Waals surface area (Å²) in [5, 5.41) is 32.8. The zero-order valence-corrected chi connectivity index (χ0v) is 12.7. The molecule has 23 heavy (non-hydrogen) atoms. The lowest BCUT2D eigenvalue weighted by Gasteiger charge is -2.26. The van der Waals surface area contributed by atoms with E-state index in [4.69, 9.17) is 4.74 Å². The van der Waals surface area contributed by atoms with Gasteiger partial charge in [0, 0.05) is 7.05 Å². The van der Waals surface area contributed by atoms with Gasteiger partial charge in [0.2, 0.25) is 18.4 Å². The molecule has 0 radical (unpaired) electrons. The molecule has 2 aromatic heterocycles. The first-order valence-electron chi connectivity index (χ1n) is 7.09. The number of hydrogen-bond donors (Lipinski definition) is 4. The molecule has 0 saturated carbocycles. The molecule has 3 heterocycles. The molecule has 4 unspecified atom stereocenters. The highest BCUT2D eigenvalue weighted by Crippen LogP contribution is 2.40. The van der Waals surface area contributed by atoms with Gasteiger partial charge < -0.3 is 25.4 Å². The average Bonchev–Trinajstić information content (AvgIpc) is 3.10. The second-order valence-electron chi connectivity index (χ2n) is 5.56. The highest BCUT2D eigenvalue weighted by molar-refractivity contribution is 5.80. The van der Waals surface area contributed by atoms with Gasteiger partial charge in [0.15, 0.2) is 17.4 Å². The molecular weight excluding hydrogens is 309 g/mol. The highest BCUT2D eigenvalue weighted by atomic mass is 19.1. The molecule has 1 fully saturated rings. The molecule has 0 aliphatic carbocycles. The summed E-state index contributed by atoms with van der Waals surface area (Å²) in [4.78, 5) is 8.41. The molecule has 0 bridgehead atoms. The van der Waals surface area contributed by atoms with Crippen molar-refractivity contribution in [1.29, 1.82) is 0 Å². The summed E-state index contributed by atoms with van der Waals surface area (Å²) >= 11 is 0. The molecule has 2 aromatic rings. The number of hydrogen-bond acceptors (Lipinski definition) is 7. The number of aliphatic hydroxyl groups excluding tert-OH is 2. The molecule has 4 atom stereocenters. The molecule has 10 heteroatoms. The first-order valence-corrected chi connectivity index (χ1v) is 7.09. The molecule has 126 valence electrons. The van der Waals surface area contributed by atoms with Crippen LogP contribution >= 0.6 is 0 Å². The average molecular weight is 328 g/mol. The van der Waals surface area contributed by atoms with E-state index in [2.05, 4.69) is 15.3 Å². The number of nitrogens with zero attached hydrogens (tertiary/aromatic N) is 4. The number of nitrogens with one attached hydrogen (secondary N) is 1. The van der Waals surface area contributed by atoms with Gasteiger partial charge in [-0.25, -0.2) is 18.5 Å². The summed E-state index contributed by atoms with van der Waals surface area (Å²) in [7, 11) is 3.41. The maximum absolute atomic E-state index is 13.5. The van der Waals surface area contributed by atoms with Crippen LogP contribution in [-0.4, -0.2) is 68.0 Å². The number of fused-ring (bicyclic) bond motifs is 1. The molecule has 4 N–H and O–H groups in total. The van der Waals surface area contributed by atoms with Gasteiger partial charge in [-0.05, 0) is 0 Å². The second kappa shape index (κ2) is 5.64. The molecule has 0 aromatic carbocycles. The van der Waals surface area contributed by atoms with Crippen molar-refractivity contribution >= 4 is 17.0 Å². The topological polar surface area (TPSA) is 117 Å². The maximum Gasteiger partial charge on any atom is 0.263 e. The number of aryl methyl sites for hydroxylation is 1. The highest BCUT2D eigenvalue weighted by Gasteiger charge is 2.58. The molecule has 3 rings (SSSR count). The molecular formula is C13H19FN5O4+. The summed E-state index contributed by atoms with van der Waals surface area (Å²) in [5.74, 6) is 0.512. The van der Waals surface area contributed by atoms with Crippen molar-refractivity contribution in [2.45, 2.75) is 24.0 Å². The Labute approximate surface area is 131 Å². The molecule has 0 amide bonds. The van der Waals surface area contributed by atoms with Gasteiger partial charge in [-0.2, -0.15) is 0 Å². The van der Waals surface area contributed by atoms with Crippen molar-refractivity contribution < 1.29 is 29.0 Å². The minimum absolute atomic E-state index is 0.504. The van der Waals surface area contributed by atoms with E-state index < -0.39 is 37.3 Å². The Morgan fingerprint density at radius 3 is 2.87 bits per heavy atom. The van der Waals surface area contributed by atoms with Crippen LogP contribution in [0.3, 0.4) is 0 Å². The fraction of sp³-hybridized carbons (Fsp3) is 0.615. The zero-order valence-electron chi connectivity index (χ0n) is 12.7. The summed E-state index contributed by atoms with van der Waals surface area (Å²) in [6.07, 6.45) is -0.964. The summed E-state index contributed by atoms with van der Waals surface area (Å²) in [5.41, 5.74) is -1.16. The third kappa shape index (κ3) is 2.17. The van der Waals surface area contributed by atoms with Crippen LogP contribution in [0.15, 0.2) is 12.7 Å². The minimum Gasteiger partial charge on any atom is -0.394 e. The van der Waals surface area contributed by atoms with Gasteiger partial charge in [0.25, 0.3) is 5.65 Å². The van der Waals surface area contributed by atoms with Gasteiger partial charge in [0.05, 0.1) is 13.7 Å². The van der Waals surface area contributed by atoms with Crippen LogP contribution in [0, 0.1) is 0 Å². The van der Waals surface area contributed by atoms with E-state index in [1.807, 2.05) is 0 Å². The first kappa shape index (κ1) is 16.0. The van der Waals surface area contributed by atoms with Gasteiger partial charge in [0.1, 0.15) is 18.9 Å². The number of rotatable bonds is 4. The Kier molecular flexibility index (Phi) is 3.92. The van der Waals surface area contributed by atoms with Crippen molar-refractivity contribution in [2.75, 3.05) is 25.6 Å². The lowest BCUT2D eigenvalue weighted by atomic mass is 9.95. The number of halogens is 1. The van der Waals surface area contributed by atoms with Gasteiger partial charge in [-0.3, -0.25) is 0 Å². The maximum atomic E-state index is 13.5. The van der Waals surface area contributed by atoms with E-state index >= 15 is 0 Å². The van der Waals surface area contributed by atoms with Crippen LogP contribution in [0.25, 0.3) is 11.2 Å². The van der Waals surface area contributed by atoms with E-state index in [9.17, 15) is 19.7 Å². The lowest BCUT2D eigenvalue weighted by Crippen LogP contribution is -2.49. The summed E-state index contributed by atoms with van der Waals surface area (Å²) in [6, 6.07) is 0. The monoisotopic (exact) mass is 328 g/mol. The fourth-order valence-corrected chi connectivity index (χ4v) is 2.91. The van der Waals surface area contributed by atoms with Crippen molar-refractivity contribution in [2.24, 2.45) is 7.05 Å². The van der Waals surface area contributed by atoms with Crippen LogP contribution in [0.5, 0.6) is 0 Å². The quantitative estimate of drug-likeness (QED) is 0.492. The zero-order chi connectivity index (χ0) is 16.8. The van der Waals surface area contributed by atoms with Gasteiger partial charge in [-0.1, -0.05) is 4.98 Å². The SMILES string of the molecule is CNc1nc[n+](C)c2c1ncn2C1OC(CO)C(O)C1(O)CF. The van der Waals surface area contributed by atoms with E-state index in [0.717, 1.165) is 0 Å². The van der Waals surface area contributed by atoms with Crippen LogP contribution in [0.2, 0.25) is 0 Å². The van der Waals surface area contributed by atoms with Crippen molar-refractivity contribution in [3.05, 3.63) is 12.7 Å². The Hall–Kier alpha value is -1.88. The van der Waals surface area contributed by atoms with Crippen molar-refractivity contribution in [1.82, 2.24) is 14.5 Å². The number of aromatic nitrogens is 4. The summed E-state index contributed by atoms with van der Waals surface area (Å²) in [6.45, 7) is -1.77. The molecule has 9 nitrogen and oxygen atoms in total. The third-order valence-corrected chi connectivity index (χ3v) is 4.17. The lowest BCUT2D eigenvalue weighted by molar-refractivity contribution is -0.651. The Morgan fingerprint density at radius 2 is 2.26 bits per heavy atom. The minimum atomic E-state index is -2.18. The van der Waals surface area contributed by atoms with E-state index in [1.165, 1.54) is 17.2 Å². The first-order chi connectivity index (χ1) is 11.0. The number of alkyl halides is 1. The predicted molar refractivity (Wildman–Crippen MR) is 76.2 cm³/mol. The standard InChI is InChI=1S/C13H18FN5O4/c1-15-10-8-11(18(2)5-17-10)19(6-16-8)12-13(22,4-14)9(21)7(3-20)23-12/h5-7,9,12,20-22H,3-4H2,1-2H3/p+1. The molecule has 1 aliphatic rings. The van der Waals surface area contributed by atoms with Crippen molar-refractivity contribution in [3.63, 3.8) is 0 Å². The fourth-order valence-electron chi connectivity index (χ4n) is 2.91. The number of aliphatic hydroxyl groups is 3. The Balaban J connectivity index is 2.17. The molecule has 0 spiro atoms. The number of imidazole rings is 1. The van der Waals surface area contributed by atoms with Crippen molar-refractivity contribution in [3.8, 4) is 0 Å². The predicted octanol–water partition coefficient (Wildman–Crippen LogP) is -1.75. The van der Waals surface area contributed by atoms with Crippen LogP contribution in [0.1, 0.15) is 6.23 Å². The van der Waals surface area contributed by atoms with Crippen LogP contribution in [-0.2, 0) is 11.8 Å². The van der Waals surface area contributed by atoms with Gasteiger partial charge in [-0.15, -0.1) is 0 Å². The Bertz CT molecular complexity index is 726. The number of ether oxygens (including phenoxy) is 1. The molecule has 1 aliphatic heterocycles. The molecule has 1 saturated heterocycles. The second-order valence-corrected chi connectivity index (χ2v) is 5.56. The summed E-state index contributed by atoms with van der Waals surface area (Å²) < 4.78 is 22.1. The third-order valence-electron chi connectivity index (χ3n) is 4.17. The smallest absolute Gasteiger partial charge is 0.263 e. The van der Waals surface area contributed by atoms with Crippen LogP contribution in [0.4, 0.5) is 10.2 Å². The Morgan fingerprint density at radius 1 is 1.52 bits per heavy atom. The van der Waals surface area contributed by atoms with E-state index in [1.54, 1.807) is 18.7 Å². The number of anilines is 1. The van der Waals surface area contributed by atoms with E-state index in [-0.39, 0.29) is 0 Å². The van der Waals surface area contributed by atoms with Gasteiger partial charge >= 0.3 is 0 Å². The van der Waals surface area contributed by atoms with E-state index in [0.29, 0.717) is 17.0 Å². The largest absolute Gasteiger partial charge is 0.394 e. The van der Waals surface area contributed by atoms with Crippen LogP contribution < -0.4 is 9.88 Å².